The molecule has 20 heavy (non-hydrogen) atoms. The van der Waals surface area contributed by atoms with Gasteiger partial charge in [0.2, 0.25) is 0 Å². The van der Waals surface area contributed by atoms with Crippen LogP contribution in [0.3, 0.4) is 0 Å². The van der Waals surface area contributed by atoms with Gasteiger partial charge in [0.1, 0.15) is 5.54 Å². The van der Waals surface area contributed by atoms with Crippen molar-refractivity contribution in [2.75, 3.05) is 33.8 Å². The normalized spacial score (nSPS) is 14.1. The molecule has 0 aliphatic rings. The molecule has 0 aliphatic heterocycles. The number of aryl methyl sites for hydroxylation is 1. The molecule has 1 N–H and O–H groups in total. The van der Waals surface area contributed by atoms with E-state index >= 15 is 0 Å². The highest BCUT2D eigenvalue weighted by atomic mass is 16.5. The SMILES string of the molecule is CCOC(=O)C(C)(NCCN(C)C)c1ccc(C)cc1. The average Bonchev–Trinajstić information content (AvgIpc) is 2.39. The molecule has 0 amide bonds. The van der Waals surface area contributed by atoms with Crippen molar-refractivity contribution in [3.63, 3.8) is 0 Å². The third kappa shape index (κ3) is 4.32. The fraction of sp³-hybridized carbons (Fsp3) is 0.562. The number of hydrogen-bond donors (Lipinski definition) is 1. The zero-order valence-electron chi connectivity index (χ0n) is 13.2. The Bertz CT molecular complexity index is 429. The Balaban J connectivity index is 2.93. The second kappa shape index (κ2) is 7.41. The van der Waals surface area contributed by atoms with Gasteiger partial charge in [-0.05, 0) is 40.4 Å². The summed E-state index contributed by atoms with van der Waals surface area (Å²) in [7, 11) is 4.02. The van der Waals surface area contributed by atoms with Crippen LogP contribution in [0.2, 0.25) is 0 Å². The molecular formula is C16H26N2O2. The van der Waals surface area contributed by atoms with Gasteiger partial charge in [0.05, 0.1) is 6.61 Å². The summed E-state index contributed by atoms with van der Waals surface area (Å²) in [5, 5.41) is 3.33. The molecule has 0 spiro atoms. The van der Waals surface area contributed by atoms with Gasteiger partial charge in [0.25, 0.3) is 0 Å². The van der Waals surface area contributed by atoms with Gasteiger partial charge in [-0.1, -0.05) is 29.8 Å². The van der Waals surface area contributed by atoms with E-state index in [9.17, 15) is 4.79 Å². The van der Waals surface area contributed by atoms with Gasteiger partial charge in [0, 0.05) is 13.1 Å². The van der Waals surface area contributed by atoms with Crippen LogP contribution in [0.1, 0.15) is 25.0 Å². The molecule has 0 radical (unpaired) electrons. The summed E-state index contributed by atoms with van der Waals surface area (Å²) >= 11 is 0. The minimum Gasteiger partial charge on any atom is -0.464 e. The molecule has 1 aromatic rings. The van der Waals surface area contributed by atoms with E-state index < -0.39 is 5.54 Å². The van der Waals surface area contributed by atoms with Crippen LogP contribution in [0, 0.1) is 6.92 Å². The lowest BCUT2D eigenvalue weighted by molar-refractivity contribution is -0.151. The van der Waals surface area contributed by atoms with E-state index in [0.717, 1.165) is 18.7 Å². The van der Waals surface area contributed by atoms with Crippen molar-refractivity contribution in [2.45, 2.75) is 26.3 Å². The largest absolute Gasteiger partial charge is 0.464 e. The van der Waals surface area contributed by atoms with Crippen LogP contribution in [-0.4, -0.2) is 44.7 Å². The summed E-state index contributed by atoms with van der Waals surface area (Å²) in [6, 6.07) is 7.99. The van der Waals surface area contributed by atoms with Crippen molar-refractivity contribution in [3.05, 3.63) is 35.4 Å². The second-order valence-corrected chi connectivity index (χ2v) is 5.44. The summed E-state index contributed by atoms with van der Waals surface area (Å²) in [5.74, 6) is -0.234. The number of ether oxygens (including phenoxy) is 1. The standard InChI is InChI=1S/C16H26N2O2/c1-6-20-15(19)16(3,17-11-12-18(4)5)14-9-7-13(2)8-10-14/h7-10,17H,6,11-12H2,1-5H3. The molecule has 1 rings (SSSR count). The van der Waals surface area contributed by atoms with Crippen molar-refractivity contribution in [1.29, 1.82) is 0 Å². The Morgan fingerprint density at radius 1 is 1.30 bits per heavy atom. The van der Waals surface area contributed by atoms with Gasteiger partial charge in [-0.25, -0.2) is 4.79 Å². The third-order valence-electron chi connectivity index (χ3n) is 3.35. The molecule has 1 atom stereocenters. The quantitative estimate of drug-likeness (QED) is 0.774. The Labute approximate surface area is 122 Å². The first kappa shape index (κ1) is 16.7. The van der Waals surface area contributed by atoms with Crippen LogP contribution in [-0.2, 0) is 15.1 Å². The topological polar surface area (TPSA) is 41.6 Å². The smallest absolute Gasteiger partial charge is 0.330 e. The van der Waals surface area contributed by atoms with Crippen molar-refractivity contribution >= 4 is 5.97 Å². The molecule has 0 aromatic heterocycles. The van der Waals surface area contributed by atoms with Gasteiger partial charge < -0.3 is 9.64 Å². The fourth-order valence-electron chi connectivity index (χ4n) is 1.98. The number of nitrogens with zero attached hydrogens (tertiary/aromatic N) is 1. The average molecular weight is 278 g/mol. The summed E-state index contributed by atoms with van der Waals surface area (Å²) < 4.78 is 5.23. The number of rotatable bonds is 7. The predicted octanol–water partition coefficient (Wildman–Crippen LogP) is 1.92. The van der Waals surface area contributed by atoms with Crippen molar-refractivity contribution in [3.8, 4) is 0 Å². The van der Waals surface area contributed by atoms with E-state index in [1.165, 1.54) is 5.56 Å². The highest BCUT2D eigenvalue weighted by molar-refractivity contribution is 5.82. The lowest BCUT2D eigenvalue weighted by Crippen LogP contribution is -2.49. The molecule has 0 aliphatic carbocycles. The van der Waals surface area contributed by atoms with Crippen LogP contribution < -0.4 is 5.32 Å². The zero-order valence-corrected chi connectivity index (χ0v) is 13.2. The minimum absolute atomic E-state index is 0.234. The first-order chi connectivity index (χ1) is 9.40. The Morgan fingerprint density at radius 3 is 2.40 bits per heavy atom. The molecule has 1 aromatic carbocycles. The van der Waals surface area contributed by atoms with E-state index in [2.05, 4.69) is 10.2 Å². The Hall–Kier alpha value is -1.39. The number of esters is 1. The van der Waals surface area contributed by atoms with Crippen LogP contribution in [0.25, 0.3) is 0 Å². The van der Waals surface area contributed by atoms with Gasteiger partial charge >= 0.3 is 5.97 Å². The van der Waals surface area contributed by atoms with E-state index in [0.29, 0.717) is 6.61 Å². The molecular weight excluding hydrogens is 252 g/mol. The Morgan fingerprint density at radius 2 is 1.90 bits per heavy atom. The monoisotopic (exact) mass is 278 g/mol. The van der Waals surface area contributed by atoms with E-state index in [-0.39, 0.29) is 5.97 Å². The minimum atomic E-state index is -0.806. The van der Waals surface area contributed by atoms with Crippen molar-refractivity contribution in [1.82, 2.24) is 10.2 Å². The number of hydrogen-bond acceptors (Lipinski definition) is 4. The van der Waals surface area contributed by atoms with Gasteiger partial charge in [-0.2, -0.15) is 0 Å². The van der Waals surface area contributed by atoms with E-state index in [1.54, 1.807) is 0 Å². The van der Waals surface area contributed by atoms with Gasteiger partial charge in [-0.3, -0.25) is 5.32 Å². The highest BCUT2D eigenvalue weighted by Gasteiger charge is 2.36. The van der Waals surface area contributed by atoms with Crippen molar-refractivity contribution < 1.29 is 9.53 Å². The molecule has 0 saturated carbocycles. The maximum Gasteiger partial charge on any atom is 0.330 e. The third-order valence-corrected chi connectivity index (χ3v) is 3.35. The molecule has 0 bridgehead atoms. The molecule has 1 unspecified atom stereocenters. The first-order valence-electron chi connectivity index (χ1n) is 7.04. The fourth-order valence-corrected chi connectivity index (χ4v) is 1.98. The highest BCUT2D eigenvalue weighted by Crippen LogP contribution is 2.23. The predicted molar refractivity (Wildman–Crippen MR) is 81.7 cm³/mol. The zero-order chi connectivity index (χ0) is 15.2. The number of benzene rings is 1. The summed E-state index contributed by atoms with van der Waals surface area (Å²) in [6.07, 6.45) is 0. The first-order valence-corrected chi connectivity index (χ1v) is 7.04. The van der Waals surface area contributed by atoms with E-state index in [1.807, 2.05) is 59.1 Å². The van der Waals surface area contributed by atoms with Gasteiger partial charge in [-0.15, -0.1) is 0 Å². The molecule has 0 heterocycles. The van der Waals surface area contributed by atoms with Crippen LogP contribution in [0.15, 0.2) is 24.3 Å². The van der Waals surface area contributed by atoms with E-state index in [4.69, 9.17) is 4.74 Å². The lowest BCUT2D eigenvalue weighted by Gasteiger charge is -2.30. The van der Waals surface area contributed by atoms with Crippen LogP contribution in [0.5, 0.6) is 0 Å². The number of carbonyl (C=O) groups is 1. The summed E-state index contributed by atoms with van der Waals surface area (Å²) in [4.78, 5) is 14.4. The molecule has 4 heteroatoms. The number of nitrogens with one attached hydrogen (secondary N) is 1. The molecule has 112 valence electrons. The number of likely N-dealkylation sites (N-methyl/N-ethyl adjacent to an activating group) is 1. The maximum absolute atomic E-state index is 12.3. The molecule has 4 nitrogen and oxygen atoms in total. The number of carbonyl (C=O) groups excluding carboxylic acids is 1. The van der Waals surface area contributed by atoms with Crippen LogP contribution >= 0.6 is 0 Å². The van der Waals surface area contributed by atoms with Crippen LogP contribution in [0.4, 0.5) is 0 Å². The second-order valence-electron chi connectivity index (χ2n) is 5.44. The molecule has 0 fully saturated rings. The van der Waals surface area contributed by atoms with Crippen molar-refractivity contribution in [2.24, 2.45) is 0 Å². The van der Waals surface area contributed by atoms with Gasteiger partial charge in [0.15, 0.2) is 0 Å². The Kier molecular flexibility index (Phi) is 6.17. The maximum atomic E-state index is 12.3. The lowest BCUT2D eigenvalue weighted by atomic mass is 9.91. The summed E-state index contributed by atoms with van der Waals surface area (Å²) in [5.41, 5.74) is 1.30. The summed E-state index contributed by atoms with van der Waals surface area (Å²) in [6.45, 7) is 7.70. The molecule has 0 saturated heterocycles.